The van der Waals surface area contributed by atoms with Gasteiger partial charge in [-0.05, 0) is 62.9 Å². The first-order valence-corrected chi connectivity index (χ1v) is 12.5. The fourth-order valence-corrected chi connectivity index (χ4v) is 4.89. The molecule has 1 fully saturated rings. The Morgan fingerprint density at radius 1 is 1.11 bits per heavy atom. The Bertz CT molecular complexity index is 1380. The van der Waals surface area contributed by atoms with Crippen LogP contribution in [0.1, 0.15) is 46.4 Å². The highest BCUT2D eigenvalue weighted by molar-refractivity contribution is 5.95. The zero-order valence-electron chi connectivity index (χ0n) is 20.5. The second-order valence-corrected chi connectivity index (χ2v) is 9.50. The van der Waals surface area contributed by atoms with Gasteiger partial charge in [-0.25, -0.2) is 9.50 Å². The first kappa shape index (κ1) is 23.7. The number of aromatic nitrogens is 3. The summed E-state index contributed by atoms with van der Waals surface area (Å²) in [5.74, 6) is 0.527. The lowest BCUT2D eigenvalue weighted by molar-refractivity contribution is 0.0946. The molecule has 1 aliphatic rings. The van der Waals surface area contributed by atoms with E-state index >= 15 is 0 Å². The van der Waals surface area contributed by atoms with Crippen molar-refractivity contribution in [2.45, 2.75) is 32.7 Å². The number of benzene rings is 2. The van der Waals surface area contributed by atoms with E-state index < -0.39 is 0 Å². The highest BCUT2D eigenvalue weighted by Crippen LogP contribution is 2.23. The van der Waals surface area contributed by atoms with Gasteiger partial charge < -0.3 is 5.32 Å². The average Bonchev–Trinajstić information content (AvgIpc) is 3.36. The van der Waals surface area contributed by atoms with Gasteiger partial charge in [-0.1, -0.05) is 42.5 Å². The van der Waals surface area contributed by atoms with Gasteiger partial charge in [0.05, 0.1) is 28.6 Å². The Morgan fingerprint density at radius 3 is 2.58 bits per heavy atom. The van der Waals surface area contributed by atoms with Crippen molar-refractivity contribution in [2.24, 2.45) is 5.92 Å². The molecule has 4 aromatic rings. The third-order valence-corrected chi connectivity index (χ3v) is 7.07. The fraction of sp³-hybridized carbons (Fsp3) is 0.310. The molecule has 0 saturated carbocycles. The lowest BCUT2D eigenvalue weighted by Crippen LogP contribution is -2.35. The van der Waals surface area contributed by atoms with E-state index in [9.17, 15) is 4.79 Å². The molecule has 2 aromatic heterocycles. The molecular weight excluding hydrogens is 448 g/mol. The van der Waals surface area contributed by atoms with Crippen LogP contribution < -0.4 is 5.32 Å². The molecule has 0 aliphatic carbocycles. The summed E-state index contributed by atoms with van der Waals surface area (Å²) < 4.78 is 1.71. The second kappa shape index (κ2) is 10.7. The average molecular weight is 479 g/mol. The van der Waals surface area contributed by atoms with E-state index in [0.717, 1.165) is 43.0 Å². The van der Waals surface area contributed by atoms with Gasteiger partial charge in [-0.3, -0.25) is 9.69 Å². The number of carbonyl (C=O) groups excluding carboxylic acids is 1. The van der Waals surface area contributed by atoms with E-state index in [1.165, 1.54) is 18.4 Å². The van der Waals surface area contributed by atoms with Gasteiger partial charge in [0.1, 0.15) is 0 Å². The number of nitrogens with one attached hydrogen (secondary N) is 1. The number of hydrogen-bond donors (Lipinski definition) is 1. The van der Waals surface area contributed by atoms with E-state index in [-0.39, 0.29) is 5.91 Å². The van der Waals surface area contributed by atoms with E-state index in [0.29, 0.717) is 29.2 Å². The van der Waals surface area contributed by atoms with Crippen LogP contribution in [-0.2, 0) is 6.54 Å². The molecule has 2 aromatic carbocycles. The third kappa shape index (κ3) is 5.29. The zero-order chi connectivity index (χ0) is 24.9. The van der Waals surface area contributed by atoms with Crippen molar-refractivity contribution < 1.29 is 4.79 Å². The summed E-state index contributed by atoms with van der Waals surface area (Å²) in [6.45, 7) is 5.78. The van der Waals surface area contributed by atoms with Crippen LogP contribution in [0.15, 0.2) is 66.9 Å². The summed E-state index contributed by atoms with van der Waals surface area (Å²) >= 11 is 0. The van der Waals surface area contributed by atoms with Crippen molar-refractivity contribution in [1.29, 1.82) is 5.26 Å². The number of hydrogen-bond acceptors (Lipinski definition) is 5. The van der Waals surface area contributed by atoms with Crippen LogP contribution in [-0.4, -0.2) is 45.0 Å². The number of aryl methyl sites for hydroxylation is 1. The second-order valence-electron chi connectivity index (χ2n) is 9.50. The summed E-state index contributed by atoms with van der Waals surface area (Å²) in [6, 6.07) is 21.9. The van der Waals surface area contributed by atoms with Crippen molar-refractivity contribution in [2.75, 3.05) is 19.6 Å². The molecule has 182 valence electrons. The van der Waals surface area contributed by atoms with Crippen LogP contribution in [0.2, 0.25) is 0 Å². The molecule has 1 aliphatic heterocycles. The van der Waals surface area contributed by atoms with Gasteiger partial charge in [-0.2, -0.15) is 10.4 Å². The number of amides is 1. The molecule has 5 rings (SSSR count). The number of fused-ring (bicyclic) bond motifs is 1. The molecule has 0 bridgehead atoms. The quantitative estimate of drug-likeness (QED) is 0.419. The first-order chi connectivity index (χ1) is 17.6. The maximum atomic E-state index is 12.9. The van der Waals surface area contributed by atoms with Gasteiger partial charge in [0.15, 0.2) is 5.65 Å². The van der Waals surface area contributed by atoms with Crippen LogP contribution >= 0.6 is 0 Å². The monoisotopic (exact) mass is 478 g/mol. The molecule has 36 heavy (non-hydrogen) atoms. The molecule has 7 nitrogen and oxygen atoms in total. The predicted octanol–water partition coefficient (Wildman–Crippen LogP) is 4.61. The van der Waals surface area contributed by atoms with Gasteiger partial charge in [0, 0.05) is 30.9 Å². The van der Waals surface area contributed by atoms with Crippen molar-refractivity contribution in [3.8, 4) is 17.3 Å². The van der Waals surface area contributed by atoms with Gasteiger partial charge in [0.2, 0.25) is 0 Å². The standard InChI is InChI=1S/C29H30N6O/c1-21-26(19-32-28-17-27(33-35(21)28)25-9-7-23(18-30)8-10-25)29(36)31-14-11-22-12-15-34(16-13-22)20-24-5-3-2-4-6-24/h2-10,17,19,22H,11-16,20H2,1H3,(H,31,36). The molecule has 0 atom stereocenters. The van der Waals surface area contributed by atoms with Crippen molar-refractivity contribution in [3.63, 3.8) is 0 Å². The predicted molar refractivity (Wildman–Crippen MR) is 139 cm³/mol. The maximum absolute atomic E-state index is 12.9. The third-order valence-electron chi connectivity index (χ3n) is 7.07. The van der Waals surface area contributed by atoms with Crippen LogP contribution in [0.25, 0.3) is 16.9 Å². The van der Waals surface area contributed by atoms with Crippen molar-refractivity contribution >= 4 is 11.6 Å². The lowest BCUT2D eigenvalue weighted by atomic mass is 9.93. The Labute approximate surface area is 211 Å². The van der Waals surface area contributed by atoms with Crippen molar-refractivity contribution in [1.82, 2.24) is 24.8 Å². The minimum absolute atomic E-state index is 0.112. The van der Waals surface area contributed by atoms with Crippen LogP contribution in [0.5, 0.6) is 0 Å². The Morgan fingerprint density at radius 2 is 1.86 bits per heavy atom. The number of piperidine rings is 1. The molecule has 1 saturated heterocycles. The summed E-state index contributed by atoms with van der Waals surface area (Å²) in [5, 5.41) is 16.8. The largest absolute Gasteiger partial charge is 0.352 e. The molecule has 3 heterocycles. The maximum Gasteiger partial charge on any atom is 0.254 e. The molecule has 1 N–H and O–H groups in total. The van der Waals surface area contributed by atoms with E-state index in [4.69, 9.17) is 5.26 Å². The topological polar surface area (TPSA) is 86.3 Å². The highest BCUT2D eigenvalue weighted by atomic mass is 16.1. The Hall–Kier alpha value is -4.02. The number of rotatable bonds is 7. The number of likely N-dealkylation sites (tertiary alicyclic amines) is 1. The smallest absolute Gasteiger partial charge is 0.254 e. The normalized spacial score (nSPS) is 14.6. The molecular formula is C29H30N6O. The summed E-state index contributed by atoms with van der Waals surface area (Å²) in [5.41, 5.74) is 5.61. The molecule has 0 unspecified atom stereocenters. The van der Waals surface area contributed by atoms with Crippen LogP contribution in [0.4, 0.5) is 0 Å². The lowest BCUT2D eigenvalue weighted by Gasteiger charge is -2.32. The van der Waals surface area contributed by atoms with E-state index in [1.807, 2.05) is 25.1 Å². The number of nitrogens with zero attached hydrogens (tertiary/aromatic N) is 5. The van der Waals surface area contributed by atoms with E-state index in [2.05, 4.69) is 56.7 Å². The van der Waals surface area contributed by atoms with Crippen molar-refractivity contribution in [3.05, 3.63) is 89.2 Å². The van der Waals surface area contributed by atoms with Gasteiger partial charge >= 0.3 is 0 Å². The highest BCUT2D eigenvalue weighted by Gasteiger charge is 2.20. The Kier molecular flexibility index (Phi) is 7.06. The SMILES string of the molecule is Cc1c(C(=O)NCCC2CCN(Cc3ccccc3)CC2)cnc2cc(-c3ccc(C#N)cc3)nn12. The van der Waals surface area contributed by atoms with Crippen LogP contribution in [0, 0.1) is 24.2 Å². The first-order valence-electron chi connectivity index (χ1n) is 12.5. The number of nitriles is 1. The number of carbonyl (C=O) groups is 1. The molecule has 7 heteroatoms. The summed E-state index contributed by atoms with van der Waals surface area (Å²) in [7, 11) is 0. The summed E-state index contributed by atoms with van der Waals surface area (Å²) in [6.07, 6.45) is 4.96. The van der Waals surface area contributed by atoms with E-state index in [1.54, 1.807) is 22.8 Å². The minimum atomic E-state index is -0.112. The van der Waals surface area contributed by atoms with Gasteiger partial charge in [0.25, 0.3) is 5.91 Å². The molecule has 0 radical (unpaired) electrons. The Balaban J connectivity index is 1.15. The molecule has 1 amide bonds. The van der Waals surface area contributed by atoms with Gasteiger partial charge in [-0.15, -0.1) is 0 Å². The van der Waals surface area contributed by atoms with Crippen LogP contribution in [0.3, 0.4) is 0 Å². The fourth-order valence-electron chi connectivity index (χ4n) is 4.89. The zero-order valence-corrected chi connectivity index (χ0v) is 20.5. The molecule has 0 spiro atoms. The summed E-state index contributed by atoms with van der Waals surface area (Å²) in [4.78, 5) is 19.9. The minimum Gasteiger partial charge on any atom is -0.352 e.